The molecule has 0 bridgehead atoms. The van der Waals surface area contributed by atoms with E-state index in [0.29, 0.717) is 12.6 Å². The molecule has 4 nitrogen and oxygen atoms in total. The summed E-state index contributed by atoms with van der Waals surface area (Å²) in [5.74, 6) is 0.173. The lowest BCUT2D eigenvalue weighted by Crippen LogP contribution is -2.44. The maximum atomic E-state index is 12.2. The third-order valence-electron chi connectivity index (χ3n) is 3.77. The number of rotatable bonds is 7. The van der Waals surface area contributed by atoms with Gasteiger partial charge in [-0.1, -0.05) is 6.42 Å². The zero-order valence-electron chi connectivity index (χ0n) is 11.0. The van der Waals surface area contributed by atoms with Crippen LogP contribution in [0.4, 0.5) is 0 Å². The van der Waals surface area contributed by atoms with E-state index < -0.39 is 0 Å². The van der Waals surface area contributed by atoms with Crippen LogP contribution in [0, 0.1) is 0 Å². The highest BCUT2D eigenvalue weighted by Gasteiger charge is 2.26. The summed E-state index contributed by atoms with van der Waals surface area (Å²) < 4.78 is 1.87. The Bertz CT molecular complexity index is 396. The summed E-state index contributed by atoms with van der Waals surface area (Å²) in [7, 11) is 1.90. The summed E-state index contributed by atoms with van der Waals surface area (Å²) in [6, 6.07) is 4.31. The average Bonchev–Trinajstić information content (AvgIpc) is 2.69. The smallest absolute Gasteiger partial charge is 0.193 e. The van der Waals surface area contributed by atoms with Crippen LogP contribution in [0.1, 0.15) is 36.2 Å². The van der Waals surface area contributed by atoms with Crippen molar-refractivity contribution in [2.45, 2.75) is 31.7 Å². The van der Waals surface area contributed by atoms with Crippen molar-refractivity contribution in [3.63, 3.8) is 0 Å². The molecular weight excluding hydrogens is 228 g/mol. The van der Waals surface area contributed by atoms with Gasteiger partial charge in [-0.25, -0.2) is 0 Å². The van der Waals surface area contributed by atoms with Gasteiger partial charge in [-0.15, -0.1) is 0 Å². The van der Waals surface area contributed by atoms with Gasteiger partial charge in [-0.3, -0.25) is 9.69 Å². The molecule has 100 valence electrons. The molecule has 1 aliphatic rings. The van der Waals surface area contributed by atoms with Gasteiger partial charge < -0.3 is 9.67 Å². The lowest BCUT2D eigenvalue weighted by atomic mass is 9.91. The first-order chi connectivity index (χ1) is 8.72. The Kier molecular flexibility index (Phi) is 4.55. The molecule has 1 aromatic rings. The quantitative estimate of drug-likeness (QED) is 0.745. The minimum absolute atomic E-state index is 0.173. The van der Waals surface area contributed by atoms with E-state index in [1.807, 2.05) is 29.9 Å². The van der Waals surface area contributed by atoms with Crippen molar-refractivity contribution in [1.29, 1.82) is 0 Å². The molecule has 0 saturated heterocycles. The zero-order valence-corrected chi connectivity index (χ0v) is 11.0. The molecule has 1 N–H and O–H groups in total. The van der Waals surface area contributed by atoms with Gasteiger partial charge in [0.2, 0.25) is 0 Å². The molecule has 1 heterocycles. The number of hydrogen-bond acceptors (Lipinski definition) is 3. The summed E-state index contributed by atoms with van der Waals surface area (Å²) >= 11 is 0. The van der Waals surface area contributed by atoms with E-state index in [1.165, 1.54) is 19.3 Å². The van der Waals surface area contributed by atoms with E-state index in [2.05, 4.69) is 4.90 Å². The highest BCUT2D eigenvalue weighted by molar-refractivity contribution is 5.96. The van der Waals surface area contributed by atoms with E-state index in [9.17, 15) is 4.79 Å². The predicted octanol–water partition coefficient (Wildman–Crippen LogP) is 1.44. The summed E-state index contributed by atoms with van der Waals surface area (Å²) in [4.78, 5) is 14.5. The molecule has 0 spiro atoms. The first-order valence-electron chi connectivity index (χ1n) is 6.72. The Morgan fingerprint density at radius 1 is 1.56 bits per heavy atom. The number of aryl methyl sites for hydroxylation is 1. The Hall–Kier alpha value is -1.13. The van der Waals surface area contributed by atoms with Crippen LogP contribution in [0.2, 0.25) is 0 Å². The van der Waals surface area contributed by atoms with E-state index >= 15 is 0 Å². The van der Waals surface area contributed by atoms with Crippen molar-refractivity contribution in [3.05, 3.63) is 24.0 Å². The van der Waals surface area contributed by atoms with Gasteiger partial charge in [0, 0.05) is 32.4 Å². The first-order valence-corrected chi connectivity index (χ1v) is 6.72. The Labute approximate surface area is 108 Å². The van der Waals surface area contributed by atoms with Crippen LogP contribution in [0.25, 0.3) is 0 Å². The molecule has 18 heavy (non-hydrogen) atoms. The number of hydrogen-bond donors (Lipinski definition) is 1. The number of aromatic nitrogens is 1. The molecular formula is C14H22N2O2. The number of ketones is 1. The van der Waals surface area contributed by atoms with Gasteiger partial charge in [0.25, 0.3) is 0 Å². The fraction of sp³-hybridized carbons (Fsp3) is 0.643. The van der Waals surface area contributed by atoms with Crippen LogP contribution in [-0.4, -0.2) is 46.1 Å². The van der Waals surface area contributed by atoms with E-state index in [0.717, 1.165) is 18.7 Å². The van der Waals surface area contributed by atoms with Crippen molar-refractivity contribution >= 4 is 5.78 Å². The van der Waals surface area contributed by atoms with Crippen molar-refractivity contribution in [3.8, 4) is 0 Å². The number of aliphatic hydroxyl groups excluding tert-OH is 1. The van der Waals surface area contributed by atoms with Crippen LogP contribution in [0.15, 0.2) is 18.3 Å². The lowest BCUT2D eigenvalue weighted by Gasteiger charge is -2.37. The van der Waals surface area contributed by atoms with E-state index in [4.69, 9.17) is 5.11 Å². The molecule has 0 radical (unpaired) electrons. The normalized spacial score (nSPS) is 15.9. The Balaban J connectivity index is 1.95. The minimum Gasteiger partial charge on any atom is -0.396 e. The molecule has 2 rings (SSSR count). The number of nitrogens with zero attached hydrogens (tertiary/aromatic N) is 2. The number of aliphatic hydroxyl groups is 1. The molecule has 1 saturated carbocycles. The van der Waals surface area contributed by atoms with Crippen LogP contribution in [0.5, 0.6) is 0 Å². The standard InChI is InChI=1S/C14H22N2O2/c1-15-8-3-7-13(15)14(18)11-16(9-4-10-17)12-5-2-6-12/h3,7-8,12,17H,2,4-6,9-11H2,1H3. The number of carbonyl (C=O) groups is 1. The monoisotopic (exact) mass is 250 g/mol. The predicted molar refractivity (Wildman–Crippen MR) is 70.7 cm³/mol. The summed E-state index contributed by atoms with van der Waals surface area (Å²) in [6.45, 7) is 1.49. The SMILES string of the molecule is Cn1cccc1C(=O)CN(CCCO)C1CCC1. The molecule has 0 aromatic carbocycles. The minimum atomic E-state index is 0.173. The second kappa shape index (κ2) is 6.16. The van der Waals surface area contributed by atoms with Crippen molar-refractivity contribution in [2.24, 2.45) is 7.05 Å². The van der Waals surface area contributed by atoms with Crippen LogP contribution < -0.4 is 0 Å². The molecule has 1 aliphatic carbocycles. The van der Waals surface area contributed by atoms with Crippen molar-refractivity contribution < 1.29 is 9.90 Å². The van der Waals surface area contributed by atoms with Gasteiger partial charge >= 0.3 is 0 Å². The molecule has 0 aliphatic heterocycles. The average molecular weight is 250 g/mol. The Morgan fingerprint density at radius 3 is 2.83 bits per heavy atom. The van der Waals surface area contributed by atoms with Gasteiger partial charge in [0.1, 0.15) is 0 Å². The highest BCUT2D eigenvalue weighted by Crippen LogP contribution is 2.25. The van der Waals surface area contributed by atoms with Crippen molar-refractivity contribution in [2.75, 3.05) is 19.7 Å². The molecule has 4 heteroatoms. The molecule has 1 fully saturated rings. The fourth-order valence-electron chi connectivity index (χ4n) is 2.43. The summed E-state index contributed by atoms with van der Waals surface area (Å²) in [5.41, 5.74) is 0.767. The topological polar surface area (TPSA) is 45.5 Å². The maximum absolute atomic E-state index is 12.2. The fourth-order valence-corrected chi connectivity index (χ4v) is 2.43. The molecule has 1 aromatic heterocycles. The highest BCUT2D eigenvalue weighted by atomic mass is 16.3. The number of Topliss-reactive ketones (excluding diaryl/α,β-unsaturated/α-hetero) is 1. The Morgan fingerprint density at radius 2 is 2.33 bits per heavy atom. The van der Waals surface area contributed by atoms with Gasteiger partial charge in [0.15, 0.2) is 5.78 Å². The lowest BCUT2D eigenvalue weighted by molar-refractivity contribution is 0.0781. The van der Waals surface area contributed by atoms with E-state index in [1.54, 1.807) is 0 Å². The first kappa shape index (κ1) is 13.3. The third-order valence-corrected chi connectivity index (χ3v) is 3.77. The van der Waals surface area contributed by atoms with Gasteiger partial charge in [-0.2, -0.15) is 0 Å². The molecule has 0 atom stereocenters. The number of carbonyl (C=O) groups excluding carboxylic acids is 1. The van der Waals surface area contributed by atoms with Crippen LogP contribution >= 0.6 is 0 Å². The maximum Gasteiger partial charge on any atom is 0.193 e. The third kappa shape index (κ3) is 3.00. The van der Waals surface area contributed by atoms with Crippen LogP contribution in [-0.2, 0) is 7.05 Å². The second-order valence-electron chi connectivity index (χ2n) is 5.06. The van der Waals surface area contributed by atoms with E-state index in [-0.39, 0.29) is 12.4 Å². The van der Waals surface area contributed by atoms with Gasteiger partial charge in [0.05, 0.1) is 12.2 Å². The summed E-state index contributed by atoms with van der Waals surface area (Å²) in [5, 5.41) is 8.93. The zero-order chi connectivity index (χ0) is 13.0. The molecule has 0 unspecified atom stereocenters. The van der Waals surface area contributed by atoms with Crippen molar-refractivity contribution in [1.82, 2.24) is 9.47 Å². The van der Waals surface area contributed by atoms with Gasteiger partial charge in [-0.05, 0) is 31.4 Å². The summed E-state index contributed by atoms with van der Waals surface area (Å²) in [6.07, 6.45) is 6.28. The van der Waals surface area contributed by atoms with Crippen LogP contribution in [0.3, 0.4) is 0 Å². The largest absolute Gasteiger partial charge is 0.396 e. The molecule has 0 amide bonds. The second-order valence-corrected chi connectivity index (χ2v) is 5.06.